The average molecular weight is 293 g/mol. The maximum atomic E-state index is 6.05. The van der Waals surface area contributed by atoms with E-state index in [2.05, 4.69) is 17.2 Å². The van der Waals surface area contributed by atoms with Gasteiger partial charge in [-0.25, -0.2) is 10.8 Å². The number of nitrogens with two attached hydrogens (primary N) is 2. The summed E-state index contributed by atoms with van der Waals surface area (Å²) in [6, 6.07) is 0.422. The minimum Gasteiger partial charge on any atom is -0.381 e. The van der Waals surface area contributed by atoms with Crippen LogP contribution < -0.4 is 21.9 Å². The Morgan fingerprint density at radius 1 is 1.33 bits per heavy atom. The molecule has 118 valence electrons. The van der Waals surface area contributed by atoms with Gasteiger partial charge in [0, 0.05) is 54.9 Å². The summed E-state index contributed by atoms with van der Waals surface area (Å²) >= 11 is 0. The maximum absolute atomic E-state index is 6.05. The van der Waals surface area contributed by atoms with Gasteiger partial charge in [0.15, 0.2) is 0 Å². The summed E-state index contributed by atoms with van der Waals surface area (Å²) in [7, 11) is 0. The molecular formula is C15H27N5O. The first-order chi connectivity index (χ1) is 10.1. The molecule has 0 spiro atoms. The van der Waals surface area contributed by atoms with Crippen molar-refractivity contribution < 1.29 is 4.74 Å². The Bertz CT molecular complexity index is 485. The fourth-order valence-electron chi connectivity index (χ4n) is 2.75. The molecule has 1 aliphatic heterocycles. The molecule has 0 amide bonds. The van der Waals surface area contributed by atoms with Crippen molar-refractivity contribution in [2.45, 2.75) is 46.2 Å². The summed E-state index contributed by atoms with van der Waals surface area (Å²) in [4.78, 5) is 4.62. The lowest BCUT2D eigenvalue weighted by Gasteiger charge is -2.29. The van der Waals surface area contributed by atoms with E-state index in [-0.39, 0.29) is 0 Å². The second kappa shape index (κ2) is 7.06. The molecule has 0 aliphatic carbocycles. The van der Waals surface area contributed by atoms with Crippen LogP contribution in [0, 0.1) is 13.8 Å². The summed E-state index contributed by atoms with van der Waals surface area (Å²) < 4.78 is 5.42. The molecule has 0 aromatic carbocycles. The highest BCUT2D eigenvalue weighted by Gasteiger charge is 2.20. The number of hydrogen-bond acceptors (Lipinski definition) is 6. The zero-order chi connectivity index (χ0) is 15.4. The third kappa shape index (κ3) is 3.45. The van der Waals surface area contributed by atoms with Crippen molar-refractivity contribution in [3.8, 4) is 0 Å². The monoisotopic (exact) mass is 293 g/mol. The van der Waals surface area contributed by atoms with E-state index in [1.54, 1.807) is 5.01 Å². The van der Waals surface area contributed by atoms with Crippen LogP contribution in [0.25, 0.3) is 0 Å². The van der Waals surface area contributed by atoms with Gasteiger partial charge in [0.1, 0.15) is 5.82 Å². The van der Waals surface area contributed by atoms with Crippen LogP contribution in [-0.4, -0.2) is 30.8 Å². The fraction of sp³-hybridized carbons (Fsp3) is 0.667. The Kier molecular flexibility index (Phi) is 5.39. The number of hydrazine groups is 1. The van der Waals surface area contributed by atoms with Crippen LogP contribution in [0.3, 0.4) is 0 Å². The number of rotatable bonds is 5. The molecule has 1 saturated heterocycles. The standard InChI is InChI=1S/C15H27N5O/c1-4-20(17)15-10(2)14(13(9-16)11(3)18-15)19-12-5-7-21-8-6-12/h12H,4-9,16-17H2,1-3H3,(H,18,19). The summed E-state index contributed by atoms with van der Waals surface area (Å²) in [5.41, 5.74) is 10.1. The molecule has 0 bridgehead atoms. The molecule has 6 nitrogen and oxygen atoms in total. The third-order valence-electron chi connectivity index (χ3n) is 4.11. The second-order valence-corrected chi connectivity index (χ2v) is 5.52. The van der Waals surface area contributed by atoms with Crippen LogP contribution in [0.5, 0.6) is 0 Å². The predicted molar refractivity (Wildman–Crippen MR) is 86.3 cm³/mol. The van der Waals surface area contributed by atoms with E-state index in [4.69, 9.17) is 16.3 Å². The minimum absolute atomic E-state index is 0.422. The normalized spacial score (nSPS) is 16.0. The molecule has 0 radical (unpaired) electrons. The smallest absolute Gasteiger partial charge is 0.147 e. The highest BCUT2D eigenvalue weighted by Crippen LogP contribution is 2.31. The highest BCUT2D eigenvalue weighted by molar-refractivity contribution is 5.67. The molecule has 2 heterocycles. The number of ether oxygens (including phenoxy) is 1. The van der Waals surface area contributed by atoms with Gasteiger partial charge in [0.25, 0.3) is 0 Å². The molecule has 21 heavy (non-hydrogen) atoms. The number of hydrogen-bond donors (Lipinski definition) is 3. The number of aromatic nitrogens is 1. The minimum atomic E-state index is 0.422. The van der Waals surface area contributed by atoms with Crippen molar-refractivity contribution in [2.24, 2.45) is 11.6 Å². The van der Waals surface area contributed by atoms with E-state index in [0.717, 1.165) is 54.4 Å². The van der Waals surface area contributed by atoms with Gasteiger partial charge in [-0.1, -0.05) is 0 Å². The second-order valence-electron chi connectivity index (χ2n) is 5.52. The molecule has 0 saturated carbocycles. The fourth-order valence-corrected chi connectivity index (χ4v) is 2.75. The molecule has 0 atom stereocenters. The number of nitrogens with zero attached hydrogens (tertiary/aromatic N) is 2. The van der Waals surface area contributed by atoms with Gasteiger partial charge in [-0.2, -0.15) is 0 Å². The van der Waals surface area contributed by atoms with Gasteiger partial charge in [0.05, 0.1) is 0 Å². The Morgan fingerprint density at radius 2 is 2.00 bits per heavy atom. The van der Waals surface area contributed by atoms with Gasteiger partial charge in [0.2, 0.25) is 0 Å². The highest BCUT2D eigenvalue weighted by atomic mass is 16.5. The molecule has 1 aromatic rings. The first-order valence-electron chi connectivity index (χ1n) is 7.65. The lowest BCUT2D eigenvalue weighted by Crippen LogP contribution is -2.33. The van der Waals surface area contributed by atoms with Crippen LogP contribution >= 0.6 is 0 Å². The van der Waals surface area contributed by atoms with Crippen molar-refractivity contribution in [1.82, 2.24) is 4.98 Å². The number of anilines is 2. The van der Waals surface area contributed by atoms with Crippen molar-refractivity contribution in [3.63, 3.8) is 0 Å². The molecule has 6 heteroatoms. The van der Waals surface area contributed by atoms with Gasteiger partial charge >= 0.3 is 0 Å². The third-order valence-corrected chi connectivity index (χ3v) is 4.11. The molecule has 2 rings (SSSR count). The summed E-state index contributed by atoms with van der Waals surface area (Å²) in [5.74, 6) is 6.87. The van der Waals surface area contributed by atoms with E-state index in [0.29, 0.717) is 19.1 Å². The SMILES string of the molecule is CCN(N)c1nc(C)c(CN)c(NC2CCOCC2)c1C. The van der Waals surface area contributed by atoms with Crippen molar-refractivity contribution in [3.05, 3.63) is 16.8 Å². The first-order valence-corrected chi connectivity index (χ1v) is 7.65. The van der Waals surface area contributed by atoms with Crippen LogP contribution in [0.4, 0.5) is 11.5 Å². The Hall–Kier alpha value is -1.37. The summed E-state index contributed by atoms with van der Waals surface area (Å²) in [6.45, 7) is 8.86. The van der Waals surface area contributed by atoms with Crippen LogP contribution in [0.2, 0.25) is 0 Å². The summed E-state index contributed by atoms with van der Waals surface area (Å²) in [6.07, 6.45) is 2.03. The Balaban J connectivity index is 2.37. The van der Waals surface area contributed by atoms with Gasteiger partial charge in [-0.05, 0) is 33.6 Å². The van der Waals surface area contributed by atoms with Crippen LogP contribution in [-0.2, 0) is 11.3 Å². The molecule has 0 unspecified atom stereocenters. The van der Waals surface area contributed by atoms with Crippen LogP contribution in [0.1, 0.15) is 36.6 Å². The topological polar surface area (TPSA) is 89.4 Å². The average Bonchev–Trinajstić information content (AvgIpc) is 2.51. The molecule has 5 N–H and O–H groups in total. The first kappa shape index (κ1) is 16.0. The van der Waals surface area contributed by atoms with E-state index in [1.165, 1.54) is 0 Å². The Morgan fingerprint density at radius 3 is 2.57 bits per heavy atom. The zero-order valence-electron chi connectivity index (χ0n) is 13.3. The van der Waals surface area contributed by atoms with E-state index in [1.807, 2.05) is 13.8 Å². The van der Waals surface area contributed by atoms with Gasteiger partial charge in [-0.3, -0.25) is 5.01 Å². The molecule has 1 aliphatic rings. The number of aryl methyl sites for hydroxylation is 1. The van der Waals surface area contributed by atoms with Crippen molar-refractivity contribution in [1.29, 1.82) is 0 Å². The maximum Gasteiger partial charge on any atom is 0.147 e. The zero-order valence-corrected chi connectivity index (χ0v) is 13.3. The molecule has 1 fully saturated rings. The van der Waals surface area contributed by atoms with Crippen LogP contribution in [0.15, 0.2) is 0 Å². The van der Waals surface area contributed by atoms with Gasteiger partial charge in [-0.15, -0.1) is 0 Å². The lowest BCUT2D eigenvalue weighted by molar-refractivity contribution is 0.0904. The summed E-state index contributed by atoms with van der Waals surface area (Å²) in [5, 5.41) is 5.33. The number of nitrogens with one attached hydrogen (secondary N) is 1. The predicted octanol–water partition coefficient (Wildman–Crippen LogP) is 1.45. The van der Waals surface area contributed by atoms with E-state index >= 15 is 0 Å². The van der Waals surface area contributed by atoms with Crippen molar-refractivity contribution in [2.75, 3.05) is 30.1 Å². The molecular weight excluding hydrogens is 266 g/mol. The Labute approximate surface area is 126 Å². The largest absolute Gasteiger partial charge is 0.381 e. The number of pyridine rings is 1. The van der Waals surface area contributed by atoms with Gasteiger partial charge < -0.3 is 15.8 Å². The van der Waals surface area contributed by atoms with E-state index in [9.17, 15) is 0 Å². The molecule has 1 aromatic heterocycles. The van der Waals surface area contributed by atoms with E-state index < -0.39 is 0 Å². The lowest BCUT2D eigenvalue weighted by atomic mass is 10.0. The van der Waals surface area contributed by atoms with Crippen molar-refractivity contribution >= 4 is 11.5 Å². The quantitative estimate of drug-likeness (QED) is 0.562.